The number of nitrogens with zero attached hydrogens (tertiary/aromatic N) is 1. The Bertz CT molecular complexity index is 396. The van der Waals surface area contributed by atoms with Crippen LogP contribution >= 0.6 is 0 Å². The molecule has 4 nitrogen and oxygen atoms in total. The molecule has 0 radical (unpaired) electrons. The summed E-state index contributed by atoms with van der Waals surface area (Å²) in [6, 6.07) is 0. The lowest BCUT2D eigenvalue weighted by Crippen LogP contribution is -2.80. The summed E-state index contributed by atoms with van der Waals surface area (Å²) in [7, 11) is 0. The molecule has 1 amide bonds. The predicted octanol–water partition coefficient (Wildman–Crippen LogP) is 1.39. The first-order valence-electron chi connectivity index (χ1n) is 7.62. The number of fused-ring (bicyclic) bond motifs is 1. The number of hydrogen-bond donors (Lipinski definition) is 1. The topological polar surface area (TPSA) is 55.6 Å². The van der Waals surface area contributed by atoms with Crippen molar-refractivity contribution in [2.24, 2.45) is 23.0 Å². The van der Waals surface area contributed by atoms with Gasteiger partial charge in [-0.3, -0.25) is 4.79 Å². The van der Waals surface area contributed by atoms with E-state index in [0.717, 1.165) is 39.0 Å². The van der Waals surface area contributed by atoms with Crippen molar-refractivity contribution in [1.82, 2.24) is 4.90 Å². The second-order valence-corrected chi connectivity index (χ2v) is 7.09. The summed E-state index contributed by atoms with van der Waals surface area (Å²) in [6.07, 6.45) is 3.39. The second kappa shape index (κ2) is 4.19. The SMILES string of the molecule is CCC1CCN(C(=O)C2(N)C3CCOC3C2(C)C)C1. The van der Waals surface area contributed by atoms with E-state index in [1.807, 2.05) is 4.90 Å². The van der Waals surface area contributed by atoms with Crippen molar-refractivity contribution < 1.29 is 9.53 Å². The smallest absolute Gasteiger partial charge is 0.243 e. The van der Waals surface area contributed by atoms with Gasteiger partial charge in [-0.05, 0) is 18.8 Å². The van der Waals surface area contributed by atoms with Crippen LogP contribution in [0, 0.1) is 17.3 Å². The van der Waals surface area contributed by atoms with Crippen LogP contribution in [0.5, 0.6) is 0 Å². The van der Waals surface area contributed by atoms with Crippen LogP contribution in [0.25, 0.3) is 0 Å². The largest absolute Gasteiger partial charge is 0.377 e. The molecule has 2 saturated heterocycles. The van der Waals surface area contributed by atoms with E-state index in [0.29, 0.717) is 5.92 Å². The van der Waals surface area contributed by atoms with E-state index < -0.39 is 5.54 Å². The molecular weight excluding hydrogens is 240 g/mol. The summed E-state index contributed by atoms with van der Waals surface area (Å²) in [5.74, 6) is 1.04. The number of nitrogens with two attached hydrogens (primary N) is 1. The summed E-state index contributed by atoms with van der Waals surface area (Å²) in [6.45, 7) is 8.90. The number of carbonyl (C=O) groups excluding carboxylic acids is 1. The standard InChI is InChI=1S/C15H26N2O2/c1-4-10-5-7-17(9-10)13(18)15(16)11-6-8-19-12(11)14(15,2)3/h10-12H,4-9,16H2,1-3H3. The molecule has 0 spiro atoms. The number of amides is 1. The number of rotatable bonds is 2. The van der Waals surface area contributed by atoms with Gasteiger partial charge in [-0.1, -0.05) is 27.2 Å². The molecule has 3 rings (SSSR count). The third kappa shape index (κ3) is 1.56. The first-order valence-corrected chi connectivity index (χ1v) is 7.62. The third-order valence-corrected chi connectivity index (χ3v) is 5.96. The maximum absolute atomic E-state index is 12.9. The van der Waals surface area contributed by atoms with E-state index >= 15 is 0 Å². The minimum absolute atomic E-state index is 0.167. The Hall–Kier alpha value is -0.610. The van der Waals surface area contributed by atoms with Gasteiger partial charge in [0.25, 0.3) is 0 Å². The first-order chi connectivity index (χ1) is 8.92. The van der Waals surface area contributed by atoms with E-state index in [-0.39, 0.29) is 23.3 Å². The molecule has 2 aliphatic heterocycles. The number of ether oxygens (including phenoxy) is 1. The number of hydrogen-bond acceptors (Lipinski definition) is 3. The van der Waals surface area contributed by atoms with Crippen LogP contribution < -0.4 is 5.73 Å². The van der Waals surface area contributed by atoms with Crippen molar-refractivity contribution >= 4 is 5.91 Å². The Labute approximate surface area is 115 Å². The van der Waals surface area contributed by atoms with Crippen molar-refractivity contribution in [3.05, 3.63) is 0 Å². The zero-order valence-electron chi connectivity index (χ0n) is 12.3. The van der Waals surface area contributed by atoms with Gasteiger partial charge in [0.05, 0.1) is 6.10 Å². The minimum Gasteiger partial charge on any atom is -0.377 e. The van der Waals surface area contributed by atoms with Crippen LogP contribution in [0.15, 0.2) is 0 Å². The van der Waals surface area contributed by atoms with Crippen LogP contribution in [0.4, 0.5) is 0 Å². The average molecular weight is 266 g/mol. The first kappa shape index (κ1) is 13.4. The molecule has 3 aliphatic rings. The Morgan fingerprint density at radius 3 is 2.79 bits per heavy atom. The molecule has 0 aromatic carbocycles. The van der Waals surface area contributed by atoms with Gasteiger partial charge in [-0.25, -0.2) is 0 Å². The molecule has 2 heterocycles. The quantitative estimate of drug-likeness (QED) is 0.821. The van der Waals surface area contributed by atoms with Crippen molar-refractivity contribution in [2.45, 2.75) is 51.7 Å². The van der Waals surface area contributed by atoms with Crippen LogP contribution in [-0.4, -0.2) is 42.1 Å². The Morgan fingerprint density at radius 1 is 1.42 bits per heavy atom. The van der Waals surface area contributed by atoms with Gasteiger partial charge in [0.2, 0.25) is 5.91 Å². The van der Waals surface area contributed by atoms with Gasteiger partial charge in [-0.15, -0.1) is 0 Å². The molecule has 108 valence electrons. The molecule has 0 aromatic rings. The van der Waals surface area contributed by atoms with Crippen LogP contribution in [0.1, 0.15) is 40.0 Å². The summed E-state index contributed by atoms with van der Waals surface area (Å²) >= 11 is 0. The predicted molar refractivity (Wildman–Crippen MR) is 73.5 cm³/mol. The van der Waals surface area contributed by atoms with E-state index in [4.69, 9.17) is 10.5 Å². The highest BCUT2D eigenvalue weighted by atomic mass is 16.5. The maximum Gasteiger partial charge on any atom is 0.243 e. The Morgan fingerprint density at radius 2 is 2.16 bits per heavy atom. The highest BCUT2D eigenvalue weighted by molar-refractivity contribution is 5.89. The van der Waals surface area contributed by atoms with Crippen LogP contribution in [-0.2, 0) is 9.53 Å². The summed E-state index contributed by atoms with van der Waals surface area (Å²) in [5.41, 5.74) is 5.65. The summed E-state index contributed by atoms with van der Waals surface area (Å²) in [4.78, 5) is 14.9. The molecule has 3 fully saturated rings. The lowest BCUT2D eigenvalue weighted by Gasteiger charge is -2.61. The van der Waals surface area contributed by atoms with Crippen molar-refractivity contribution in [3.8, 4) is 0 Å². The maximum atomic E-state index is 12.9. The number of likely N-dealkylation sites (tertiary alicyclic amines) is 1. The Kier molecular flexibility index (Phi) is 2.95. The van der Waals surface area contributed by atoms with Gasteiger partial charge in [0, 0.05) is 31.0 Å². The molecule has 4 heteroatoms. The number of carbonyl (C=O) groups is 1. The Balaban J connectivity index is 1.79. The highest BCUT2D eigenvalue weighted by Gasteiger charge is 2.72. The van der Waals surface area contributed by atoms with E-state index in [1.54, 1.807) is 0 Å². The summed E-state index contributed by atoms with van der Waals surface area (Å²) < 4.78 is 5.77. The van der Waals surface area contributed by atoms with E-state index in [1.165, 1.54) is 0 Å². The van der Waals surface area contributed by atoms with Crippen LogP contribution in [0.2, 0.25) is 0 Å². The molecule has 19 heavy (non-hydrogen) atoms. The zero-order valence-corrected chi connectivity index (χ0v) is 12.3. The fourth-order valence-corrected chi connectivity index (χ4v) is 4.43. The minimum atomic E-state index is -0.712. The van der Waals surface area contributed by atoms with E-state index in [2.05, 4.69) is 20.8 Å². The average Bonchev–Trinajstić information content (AvgIpc) is 3.04. The molecule has 0 bridgehead atoms. The molecule has 1 saturated carbocycles. The second-order valence-electron chi connectivity index (χ2n) is 7.09. The normalized spacial score (nSPS) is 44.0. The molecule has 2 N–H and O–H groups in total. The lowest BCUT2D eigenvalue weighted by molar-refractivity contribution is -0.183. The van der Waals surface area contributed by atoms with Gasteiger partial charge >= 0.3 is 0 Å². The molecular formula is C15H26N2O2. The zero-order chi connectivity index (χ0) is 13.8. The van der Waals surface area contributed by atoms with Crippen molar-refractivity contribution in [2.75, 3.05) is 19.7 Å². The molecule has 4 atom stereocenters. The van der Waals surface area contributed by atoms with Crippen molar-refractivity contribution in [1.29, 1.82) is 0 Å². The van der Waals surface area contributed by atoms with Gasteiger partial charge < -0.3 is 15.4 Å². The van der Waals surface area contributed by atoms with Gasteiger partial charge in [0.1, 0.15) is 5.54 Å². The third-order valence-electron chi connectivity index (χ3n) is 5.96. The molecule has 1 aliphatic carbocycles. The molecule has 0 aromatic heterocycles. The highest BCUT2D eigenvalue weighted by Crippen LogP contribution is 2.58. The van der Waals surface area contributed by atoms with Crippen molar-refractivity contribution in [3.63, 3.8) is 0 Å². The van der Waals surface area contributed by atoms with E-state index in [9.17, 15) is 4.79 Å². The monoisotopic (exact) mass is 266 g/mol. The van der Waals surface area contributed by atoms with Gasteiger partial charge in [0.15, 0.2) is 0 Å². The fraction of sp³-hybridized carbons (Fsp3) is 0.933. The van der Waals surface area contributed by atoms with Gasteiger partial charge in [-0.2, -0.15) is 0 Å². The molecule has 4 unspecified atom stereocenters. The van der Waals surface area contributed by atoms with Crippen LogP contribution in [0.3, 0.4) is 0 Å². The fourth-order valence-electron chi connectivity index (χ4n) is 4.43. The lowest BCUT2D eigenvalue weighted by atomic mass is 9.47. The summed E-state index contributed by atoms with van der Waals surface area (Å²) in [5, 5.41) is 0.